The van der Waals surface area contributed by atoms with Crippen LogP contribution in [0, 0.1) is 17.2 Å². The zero-order chi connectivity index (χ0) is 14.8. The van der Waals surface area contributed by atoms with Crippen molar-refractivity contribution in [3.05, 3.63) is 18.0 Å². The molecule has 1 aliphatic rings. The van der Waals surface area contributed by atoms with Crippen molar-refractivity contribution < 1.29 is 9.47 Å². The molecule has 0 amide bonds. The Balaban J connectivity index is 2.12. The molecule has 1 aromatic heterocycles. The van der Waals surface area contributed by atoms with Gasteiger partial charge in [0.05, 0.1) is 23.0 Å². The van der Waals surface area contributed by atoms with Crippen LogP contribution < -0.4 is 9.47 Å². The van der Waals surface area contributed by atoms with Gasteiger partial charge >= 0.3 is 0 Å². The van der Waals surface area contributed by atoms with Gasteiger partial charge in [-0.3, -0.25) is 0 Å². The maximum Gasteiger partial charge on any atom is 0.163 e. The lowest BCUT2D eigenvalue weighted by Gasteiger charge is -2.18. The standard InChI is InChI=1S/C16H19N3O2/c1-3-4-16-18-12-7-14-15(21-6-5-20-14)8-13(12)19(16)10-11(2)9-17/h7-8,11H,3-6,10H2,1-2H3. The van der Waals surface area contributed by atoms with Gasteiger partial charge in [0.25, 0.3) is 0 Å². The van der Waals surface area contributed by atoms with Crippen molar-refractivity contribution in [1.82, 2.24) is 9.55 Å². The van der Waals surface area contributed by atoms with Gasteiger partial charge in [0.15, 0.2) is 11.5 Å². The van der Waals surface area contributed by atoms with Crippen molar-refractivity contribution in [2.24, 2.45) is 5.92 Å². The van der Waals surface area contributed by atoms with E-state index in [-0.39, 0.29) is 5.92 Å². The monoisotopic (exact) mass is 285 g/mol. The highest BCUT2D eigenvalue weighted by atomic mass is 16.6. The van der Waals surface area contributed by atoms with E-state index in [0.29, 0.717) is 19.8 Å². The number of nitrogens with zero attached hydrogens (tertiary/aromatic N) is 3. The third-order valence-corrected chi connectivity index (χ3v) is 3.64. The molecule has 110 valence electrons. The number of hydrogen-bond acceptors (Lipinski definition) is 4. The van der Waals surface area contributed by atoms with Crippen molar-refractivity contribution in [1.29, 1.82) is 5.26 Å². The Labute approximate surface area is 124 Å². The summed E-state index contributed by atoms with van der Waals surface area (Å²) < 4.78 is 13.4. The number of benzene rings is 1. The summed E-state index contributed by atoms with van der Waals surface area (Å²) in [7, 11) is 0. The number of rotatable bonds is 4. The molecule has 2 heterocycles. The van der Waals surface area contributed by atoms with Crippen molar-refractivity contribution in [2.45, 2.75) is 33.2 Å². The van der Waals surface area contributed by atoms with E-state index in [0.717, 1.165) is 41.2 Å². The highest BCUT2D eigenvalue weighted by molar-refractivity contribution is 5.80. The molecule has 1 aromatic carbocycles. The number of aryl methyl sites for hydroxylation is 1. The van der Waals surface area contributed by atoms with E-state index >= 15 is 0 Å². The molecule has 0 radical (unpaired) electrons. The van der Waals surface area contributed by atoms with Gasteiger partial charge in [-0.2, -0.15) is 5.26 Å². The normalized spacial score (nSPS) is 14.9. The van der Waals surface area contributed by atoms with Crippen LogP contribution in [-0.4, -0.2) is 22.8 Å². The van der Waals surface area contributed by atoms with Gasteiger partial charge in [0.1, 0.15) is 19.0 Å². The zero-order valence-corrected chi connectivity index (χ0v) is 12.4. The van der Waals surface area contributed by atoms with Gasteiger partial charge in [0.2, 0.25) is 0 Å². The van der Waals surface area contributed by atoms with Crippen molar-refractivity contribution in [3.8, 4) is 17.6 Å². The predicted octanol–water partition coefficient (Wildman–Crippen LogP) is 2.92. The van der Waals surface area contributed by atoms with E-state index in [1.54, 1.807) is 0 Å². The van der Waals surface area contributed by atoms with Crippen LogP contribution in [0.25, 0.3) is 11.0 Å². The van der Waals surface area contributed by atoms with Crippen molar-refractivity contribution in [2.75, 3.05) is 13.2 Å². The molecule has 1 unspecified atom stereocenters. The maximum atomic E-state index is 9.09. The molecular formula is C16H19N3O2. The first kappa shape index (κ1) is 13.7. The van der Waals surface area contributed by atoms with Crippen LogP contribution in [-0.2, 0) is 13.0 Å². The highest BCUT2D eigenvalue weighted by Crippen LogP contribution is 2.35. The van der Waals surface area contributed by atoms with Crippen LogP contribution in [0.2, 0.25) is 0 Å². The molecule has 0 bridgehead atoms. The van der Waals surface area contributed by atoms with E-state index in [1.165, 1.54) is 0 Å². The minimum Gasteiger partial charge on any atom is -0.486 e. The molecule has 2 aromatic rings. The van der Waals surface area contributed by atoms with Gasteiger partial charge in [-0.1, -0.05) is 6.92 Å². The summed E-state index contributed by atoms with van der Waals surface area (Å²) in [5.41, 5.74) is 1.93. The summed E-state index contributed by atoms with van der Waals surface area (Å²) >= 11 is 0. The lowest BCUT2D eigenvalue weighted by atomic mass is 10.2. The second kappa shape index (κ2) is 5.65. The molecule has 0 spiro atoms. The molecule has 1 atom stereocenters. The Morgan fingerprint density at radius 2 is 2.05 bits per heavy atom. The Morgan fingerprint density at radius 3 is 2.71 bits per heavy atom. The fourth-order valence-electron chi connectivity index (χ4n) is 2.64. The lowest BCUT2D eigenvalue weighted by molar-refractivity contribution is 0.172. The van der Waals surface area contributed by atoms with Crippen LogP contribution in [0.4, 0.5) is 0 Å². The first-order valence-corrected chi connectivity index (χ1v) is 7.41. The quantitative estimate of drug-likeness (QED) is 0.866. The molecule has 0 saturated carbocycles. The number of fused-ring (bicyclic) bond motifs is 2. The number of imidazole rings is 1. The summed E-state index contributed by atoms with van der Waals surface area (Å²) in [5, 5.41) is 9.09. The first-order chi connectivity index (χ1) is 10.2. The molecule has 1 aliphatic heterocycles. The maximum absolute atomic E-state index is 9.09. The lowest BCUT2D eigenvalue weighted by Crippen LogP contribution is -2.15. The second-order valence-electron chi connectivity index (χ2n) is 5.40. The van der Waals surface area contributed by atoms with Gasteiger partial charge in [-0.05, 0) is 13.3 Å². The van der Waals surface area contributed by atoms with Crippen LogP contribution >= 0.6 is 0 Å². The molecule has 0 N–H and O–H groups in total. The number of nitriles is 1. The summed E-state index contributed by atoms with van der Waals surface area (Å²) in [6.07, 6.45) is 1.93. The van der Waals surface area contributed by atoms with E-state index in [9.17, 15) is 0 Å². The molecule has 21 heavy (non-hydrogen) atoms. The molecule has 0 saturated heterocycles. The third kappa shape index (κ3) is 2.54. The van der Waals surface area contributed by atoms with E-state index in [4.69, 9.17) is 19.7 Å². The van der Waals surface area contributed by atoms with Gasteiger partial charge in [0, 0.05) is 25.1 Å². The Bertz CT molecular complexity index is 700. The molecular weight excluding hydrogens is 266 g/mol. The number of aromatic nitrogens is 2. The Kier molecular flexibility index (Phi) is 3.70. The highest BCUT2D eigenvalue weighted by Gasteiger charge is 2.18. The van der Waals surface area contributed by atoms with Crippen LogP contribution in [0.1, 0.15) is 26.1 Å². The summed E-state index contributed by atoms with van der Waals surface area (Å²) in [5.74, 6) is 2.50. The largest absolute Gasteiger partial charge is 0.486 e. The summed E-state index contributed by atoms with van der Waals surface area (Å²) in [6, 6.07) is 6.22. The van der Waals surface area contributed by atoms with Crippen molar-refractivity contribution in [3.63, 3.8) is 0 Å². The van der Waals surface area contributed by atoms with Gasteiger partial charge in [-0.15, -0.1) is 0 Å². The first-order valence-electron chi connectivity index (χ1n) is 7.41. The minimum atomic E-state index is -0.0498. The minimum absolute atomic E-state index is 0.0498. The summed E-state index contributed by atoms with van der Waals surface area (Å²) in [6.45, 7) is 5.87. The molecule has 5 nitrogen and oxygen atoms in total. The third-order valence-electron chi connectivity index (χ3n) is 3.64. The molecule has 5 heteroatoms. The van der Waals surface area contributed by atoms with Gasteiger partial charge < -0.3 is 14.0 Å². The zero-order valence-electron chi connectivity index (χ0n) is 12.4. The fourth-order valence-corrected chi connectivity index (χ4v) is 2.64. The van der Waals surface area contributed by atoms with E-state index in [2.05, 4.69) is 17.6 Å². The second-order valence-corrected chi connectivity index (χ2v) is 5.40. The number of hydrogen-bond donors (Lipinski definition) is 0. The topological polar surface area (TPSA) is 60.1 Å². The fraction of sp³-hybridized carbons (Fsp3) is 0.500. The average Bonchev–Trinajstić information content (AvgIpc) is 2.82. The van der Waals surface area contributed by atoms with E-state index in [1.807, 2.05) is 19.1 Å². The van der Waals surface area contributed by atoms with Crippen LogP contribution in [0.15, 0.2) is 12.1 Å². The van der Waals surface area contributed by atoms with E-state index < -0.39 is 0 Å². The molecule has 3 rings (SSSR count). The van der Waals surface area contributed by atoms with Crippen molar-refractivity contribution >= 4 is 11.0 Å². The smallest absolute Gasteiger partial charge is 0.163 e. The molecule has 0 aliphatic carbocycles. The predicted molar refractivity (Wildman–Crippen MR) is 79.5 cm³/mol. The van der Waals surface area contributed by atoms with Crippen LogP contribution in [0.3, 0.4) is 0 Å². The SMILES string of the molecule is CCCc1nc2cc3c(cc2n1CC(C)C#N)OCCO3. The van der Waals surface area contributed by atoms with Crippen LogP contribution in [0.5, 0.6) is 11.5 Å². The summed E-state index contributed by atoms with van der Waals surface area (Å²) in [4.78, 5) is 4.72. The Hall–Kier alpha value is -2.22. The average molecular weight is 285 g/mol. The van der Waals surface area contributed by atoms with Gasteiger partial charge in [-0.25, -0.2) is 4.98 Å². The number of ether oxygens (including phenoxy) is 2. The Morgan fingerprint density at radius 1 is 1.33 bits per heavy atom. The molecule has 0 fully saturated rings.